The molecule has 0 aliphatic heterocycles. The van der Waals surface area contributed by atoms with Gasteiger partial charge in [0.25, 0.3) is 0 Å². The molecule has 192 valence electrons. The first-order valence-corrected chi connectivity index (χ1v) is 14.0. The molecule has 2 amide bonds. The third-order valence-electron chi connectivity index (χ3n) is 5.46. The number of rotatable bonds is 11. The highest BCUT2D eigenvalue weighted by atomic mass is 35.5. The van der Waals surface area contributed by atoms with E-state index in [1.807, 2.05) is 26.0 Å². The number of nitrogens with zero attached hydrogens (tertiary/aromatic N) is 2. The molecule has 0 fully saturated rings. The van der Waals surface area contributed by atoms with Gasteiger partial charge in [0.1, 0.15) is 6.04 Å². The lowest BCUT2D eigenvalue weighted by Crippen LogP contribution is -2.49. The van der Waals surface area contributed by atoms with E-state index in [0.717, 1.165) is 17.4 Å². The molecule has 2 aromatic carbocycles. The summed E-state index contributed by atoms with van der Waals surface area (Å²) in [5.74, 6) is -0.503. The summed E-state index contributed by atoms with van der Waals surface area (Å²) in [6.07, 6.45) is 1.46. The molecule has 7 nitrogen and oxygen atoms in total. The lowest BCUT2D eigenvalue weighted by molar-refractivity contribution is -0.140. The zero-order valence-corrected chi connectivity index (χ0v) is 23.0. The third kappa shape index (κ3) is 8.70. The van der Waals surface area contributed by atoms with Crippen molar-refractivity contribution < 1.29 is 18.0 Å². The second-order valence-electron chi connectivity index (χ2n) is 8.86. The van der Waals surface area contributed by atoms with Crippen LogP contribution in [0.15, 0.2) is 42.5 Å². The van der Waals surface area contributed by atoms with Crippen LogP contribution in [-0.2, 0) is 26.2 Å². The highest BCUT2D eigenvalue weighted by molar-refractivity contribution is 7.92. The Labute approximate surface area is 218 Å². The Morgan fingerprint density at radius 2 is 1.60 bits per heavy atom. The van der Waals surface area contributed by atoms with Gasteiger partial charge in [-0.3, -0.25) is 13.9 Å². The minimum atomic E-state index is -3.60. The maximum atomic E-state index is 13.3. The summed E-state index contributed by atoms with van der Waals surface area (Å²) in [6, 6.07) is 11.4. The van der Waals surface area contributed by atoms with Crippen LogP contribution in [0.4, 0.5) is 5.69 Å². The number of benzene rings is 2. The van der Waals surface area contributed by atoms with Crippen LogP contribution in [0.25, 0.3) is 0 Å². The van der Waals surface area contributed by atoms with Crippen molar-refractivity contribution in [2.75, 3.05) is 17.1 Å². The van der Waals surface area contributed by atoms with Crippen molar-refractivity contribution in [3.8, 4) is 0 Å². The molecule has 2 rings (SSSR count). The van der Waals surface area contributed by atoms with Gasteiger partial charge < -0.3 is 10.2 Å². The van der Waals surface area contributed by atoms with Crippen molar-refractivity contribution >= 4 is 50.7 Å². The number of sulfonamides is 1. The predicted molar refractivity (Wildman–Crippen MR) is 142 cm³/mol. The van der Waals surface area contributed by atoms with Gasteiger partial charge in [0.2, 0.25) is 21.8 Å². The second-order valence-corrected chi connectivity index (χ2v) is 11.6. The molecule has 0 aliphatic carbocycles. The highest BCUT2D eigenvalue weighted by Gasteiger charge is 2.27. The Balaban J connectivity index is 2.20. The molecule has 2 aromatic rings. The lowest BCUT2D eigenvalue weighted by atomic mass is 10.1. The zero-order valence-electron chi connectivity index (χ0n) is 20.7. The fraction of sp³-hybridized carbons (Fsp3) is 0.440. The number of halogens is 2. The highest BCUT2D eigenvalue weighted by Crippen LogP contribution is 2.27. The summed E-state index contributed by atoms with van der Waals surface area (Å²) in [6.45, 7) is 7.53. The average Bonchev–Trinajstić information content (AvgIpc) is 2.76. The molecule has 35 heavy (non-hydrogen) atoms. The molecule has 10 heteroatoms. The van der Waals surface area contributed by atoms with E-state index >= 15 is 0 Å². The fourth-order valence-corrected chi connectivity index (χ4v) is 4.91. The van der Waals surface area contributed by atoms with E-state index in [9.17, 15) is 18.0 Å². The SMILES string of the molecule is Cc1ccc(Cl)cc1N(CCCC(=O)N(Cc1ccc(Cl)cc1)[C@H](C)C(=O)NC(C)C)S(C)(=O)=O. The van der Waals surface area contributed by atoms with Gasteiger partial charge in [0.15, 0.2) is 0 Å². The lowest BCUT2D eigenvalue weighted by Gasteiger charge is -2.30. The van der Waals surface area contributed by atoms with E-state index in [2.05, 4.69) is 5.32 Å². The average molecular weight is 543 g/mol. The summed E-state index contributed by atoms with van der Waals surface area (Å²) in [7, 11) is -3.60. The van der Waals surface area contributed by atoms with Gasteiger partial charge >= 0.3 is 0 Å². The van der Waals surface area contributed by atoms with Crippen molar-refractivity contribution in [3.05, 3.63) is 63.6 Å². The molecule has 0 saturated carbocycles. The standard InChI is InChI=1S/C25H33Cl2N3O4S/c1-17(2)28-25(32)19(4)29(16-20-9-12-21(26)13-10-20)24(31)7-6-14-30(35(5,33)34)23-15-22(27)11-8-18(23)3/h8-13,15,17,19H,6-7,14,16H2,1-5H3,(H,28,32)/t19-/m1/s1. The minimum absolute atomic E-state index is 0.0679. The van der Waals surface area contributed by atoms with E-state index in [1.165, 1.54) is 9.21 Å². The number of anilines is 1. The Morgan fingerprint density at radius 3 is 2.17 bits per heavy atom. The van der Waals surface area contributed by atoms with Crippen LogP contribution in [0, 0.1) is 6.92 Å². The first kappa shape index (κ1) is 28.9. The summed E-state index contributed by atoms with van der Waals surface area (Å²) >= 11 is 12.1. The second kappa shape index (κ2) is 12.6. The number of nitrogens with one attached hydrogen (secondary N) is 1. The molecule has 0 unspecified atom stereocenters. The van der Waals surface area contributed by atoms with Crippen LogP contribution in [0.2, 0.25) is 10.0 Å². The van der Waals surface area contributed by atoms with Crippen molar-refractivity contribution in [1.29, 1.82) is 0 Å². The van der Waals surface area contributed by atoms with Crippen LogP contribution in [0.5, 0.6) is 0 Å². The number of hydrogen-bond donors (Lipinski definition) is 1. The molecular weight excluding hydrogens is 509 g/mol. The topological polar surface area (TPSA) is 86.8 Å². The monoisotopic (exact) mass is 541 g/mol. The maximum absolute atomic E-state index is 13.3. The Hall–Kier alpha value is -2.29. The van der Waals surface area contributed by atoms with Crippen molar-refractivity contribution in [2.45, 2.75) is 59.2 Å². The van der Waals surface area contributed by atoms with Gasteiger partial charge in [0, 0.05) is 35.6 Å². The van der Waals surface area contributed by atoms with E-state index in [1.54, 1.807) is 44.2 Å². The van der Waals surface area contributed by atoms with E-state index < -0.39 is 16.1 Å². The number of amides is 2. The Kier molecular flexibility index (Phi) is 10.4. The maximum Gasteiger partial charge on any atom is 0.242 e. The number of hydrogen-bond acceptors (Lipinski definition) is 4. The smallest absolute Gasteiger partial charge is 0.242 e. The summed E-state index contributed by atoms with van der Waals surface area (Å²) in [4.78, 5) is 27.5. The van der Waals surface area contributed by atoms with Gasteiger partial charge in [-0.05, 0) is 69.5 Å². The first-order chi connectivity index (χ1) is 16.3. The minimum Gasteiger partial charge on any atom is -0.352 e. The van der Waals surface area contributed by atoms with E-state index in [4.69, 9.17) is 23.2 Å². The van der Waals surface area contributed by atoms with Gasteiger partial charge in [-0.1, -0.05) is 41.4 Å². The Bertz CT molecular complexity index is 1140. The molecule has 0 spiro atoms. The van der Waals surface area contributed by atoms with E-state index in [0.29, 0.717) is 15.7 Å². The van der Waals surface area contributed by atoms with Gasteiger partial charge in [-0.15, -0.1) is 0 Å². The first-order valence-electron chi connectivity index (χ1n) is 11.4. The zero-order chi connectivity index (χ0) is 26.3. The van der Waals surface area contributed by atoms with Crippen LogP contribution >= 0.6 is 23.2 Å². The molecule has 0 heterocycles. The molecule has 0 bridgehead atoms. The fourth-order valence-electron chi connectivity index (χ4n) is 3.61. The molecule has 0 aliphatic rings. The molecular formula is C25H33Cl2N3O4S. The summed E-state index contributed by atoms with van der Waals surface area (Å²) in [5, 5.41) is 3.85. The Morgan fingerprint density at radius 1 is 1.00 bits per heavy atom. The molecule has 0 saturated heterocycles. The van der Waals surface area contributed by atoms with E-state index in [-0.39, 0.29) is 43.8 Å². The molecule has 0 aromatic heterocycles. The van der Waals surface area contributed by atoms with Crippen LogP contribution < -0.4 is 9.62 Å². The van der Waals surface area contributed by atoms with Gasteiger partial charge in [-0.2, -0.15) is 0 Å². The summed E-state index contributed by atoms with van der Waals surface area (Å²) < 4.78 is 26.3. The number of carbonyl (C=O) groups is 2. The molecule has 1 N–H and O–H groups in total. The number of carbonyl (C=O) groups excluding carboxylic acids is 2. The van der Waals surface area contributed by atoms with Gasteiger partial charge in [0.05, 0.1) is 11.9 Å². The van der Waals surface area contributed by atoms with Crippen LogP contribution in [0.1, 0.15) is 44.7 Å². The molecule has 0 radical (unpaired) electrons. The third-order valence-corrected chi connectivity index (χ3v) is 7.12. The largest absolute Gasteiger partial charge is 0.352 e. The predicted octanol–water partition coefficient (Wildman–Crippen LogP) is 4.79. The van der Waals surface area contributed by atoms with Crippen LogP contribution in [0.3, 0.4) is 0 Å². The number of aryl methyl sites for hydroxylation is 1. The van der Waals surface area contributed by atoms with Crippen molar-refractivity contribution in [2.24, 2.45) is 0 Å². The normalized spacial score (nSPS) is 12.3. The van der Waals surface area contributed by atoms with Gasteiger partial charge in [-0.25, -0.2) is 8.42 Å². The quantitative estimate of drug-likeness (QED) is 0.443. The van der Waals surface area contributed by atoms with Crippen molar-refractivity contribution in [1.82, 2.24) is 10.2 Å². The molecule has 1 atom stereocenters. The van der Waals surface area contributed by atoms with Crippen molar-refractivity contribution in [3.63, 3.8) is 0 Å². The summed E-state index contributed by atoms with van der Waals surface area (Å²) in [5.41, 5.74) is 2.07. The van der Waals surface area contributed by atoms with Crippen LogP contribution in [-0.4, -0.2) is 50.0 Å².